The second kappa shape index (κ2) is 6.75. The highest BCUT2D eigenvalue weighted by Gasteiger charge is 2.23. The van der Waals surface area contributed by atoms with E-state index in [1.54, 1.807) is 0 Å². The molecule has 0 aromatic heterocycles. The van der Waals surface area contributed by atoms with Crippen LogP contribution < -0.4 is 15.4 Å². The Morgan fingerprint density at radius 2 is 2.15 bits per heavy atom. The Morgan fingerprint density at radius 1 is 1.45 bits per heavy atom. The molecule has 2 atom stereocenters. The van der Waals surface area contributed by atoms with Crippen LogP contribution in [0.15, 0.2) is 18.2 Å². The van der Waals surface area contributed by atoms with Crippen LogP contribution in [0.25, 0.3) is 0 Å². The van der Waals surface area contributed by atoms with Gasteiger partial charge < -0.3 is 15.4 Å². The summed E-state index contributed by atoms with van der Waals surface area (Å²) in [6.45, 7) is 8.28. The van der Waals surface area contributed by atoms with Gasteiger partial charge in [0.2, 0.25) is 5.91 Å². The van der Waals surface area contributed by atoms with E-state index in [1.165, 1.54) is 0 Å². The largest absolute Gasteiger partial charge is 0.491 e. The Kier molecular flexibility index (Phi) is 5.01. The van der Waals surface area contributed by atoms with Gasteiger partial charge in [0.15, 0.2) is 0 Å². The van der Waals surface area contributed by atoms with E-state index in [2.05, 4.69) is 10.6 Å². The van der Waals surface area contributed by atoms with Crippen molar-refractivity contribution in [2.45, 2.75) is 33.2 Å². The van der Waals surface area contributed by atoms with Crippen molar-refractivity contribution in [2.24, 2.45) is 5.92 Å². The van der Waals surface area contributed by atoms with E-state index < -0.39 is 0 Å². The van der Waals surface area contributed by atoms with Crippen molar-refractivity contribution in [1.29, 1.82) is 0 Å². The smallest absolute Gasteiger partial charge is 0.224 e. The Bertz CT molecular complexity index is 447. The van der Waals surface area contributed by atoms with E-state index >= 15 is 0 Å². The number of hydrogen-bond acceptors (Lipinski definition) is 3. The molecule has 0 aliphatic carbocycles. The molecule has 110 valence electrons. The molecule has 1 aliphatic rings. The van der Waals surface area contributed by atoms with Gasteiger partial charge >= 0.3 is 0 Å². The van der Waals surface area contributed by atoms with Crippen LogP contribution in [0.2, 0.25) is 0 Å². The molecular formula is C16H24N2O2. The number of hydrogen-bond donors (Lipinski definition) is 2. The van der Waals surface area contributed by atoms with Gasteiger partial charge in [-0.25, -0.2) is 0 Å². The molecule has 0 bridgehead atoms. The van der Waals surface area contributed by atoms with E-state index in [0.717, 1.165) is 36.4 Å². The highest BCUT2D eigenvalue weighted by molar-refractivity contribution is 5.79. The fourth-order valence-corrected chi connectivity index (χ4v) is 2.52. The molecule has 1 aromatic rings. The highest BCUT2D eigenvalue weighted by atomic mass is 16.5. The van der Waals surface area contributed by atoms with Crippen LogP contribution >= 0.6 is 0 Å². The number of benzene rings is 1. The molecule has 1 amide bonds. The SMILES string of the molecule is Cc1cccc(C)c1OCC(C)NC(=O)C1CCNC1. The van der Waals surface area contributed by atoms with E-state index in [1.807, 2.05) is 39.0 Å². The van der Waals surface area contributed by atoms with E-state index in [9.17, 15) is 4.79 Å². The number of amides is 1. The molecule has 1 heterocycles. The van der Waals surface area contributed by atoms with Crippen LogP contribution in [0.3, 0.4) is 0 Å². The van der Waals surface area contributed by atoms with E-state index in [-0.39, 0.29) is 17.9 Å². The second-order valence-electron chi connectivity index (χ2n) is 5.63. The number of aryl methyl sites for hydroxylation is 2. The fourth-order valence-electron chi connectivity index (χ4n) is 2.52. The molecule has 0 saturated carbocycles. The summed E-state index contributed by atoms with van der Waals surface area (Å²) in [5.74, 6) is 1.17. The lowest BCUT2D eigenvalue weighted by Gasteiger charge is -2.19. The molecule has 20 heavy (non-hydrogen) atoms. The molecule has 0 spiro atoms. The first-order valence-corrected chi connectivity index (χ1v) is 7.28. The fraction of sp³-hybridized carbons (Fsp3) is 0.562. The van der Waals surface area contributed by atoms with Crippen LogP contribution in [0.4, 0.5) is 0 Å². The molecule has 1 fully saturated rings. The van der Waals surface area contributed by atoms with E-state index in [0.29, 0.717) is 6.61 Å². The van der Waals surface area contributed by atoms with Gasteiger partial charge in [-0.3, -0.25) is 4.79 Å². The van der Waals surface area contributed by atoms with Crippen LogP contribution in [0.1, 0.15) is 24.5 Å². The monoisotopic (exact) mass is 276 g/mol. The summed E-state index contributed by atoms with van der Waals surface area (Å²) in [4.78, 5) is 12.0. The summed E-state index contributed by atoms with van der Waals surface area (Å²) in [6.07, 6.45) is 0.927. The molecule has 0 radical (unpaired) electrons. The maximum atomic E-state index is 12.0. The first kappa shape index (κ1) is 14.9. The van der Waals surface area contributed by atoms with E-state index in [4.69, 9.17) is 4.74 Å². The normalized spacial score (nSPS) is 19.6. The molecule has 1 aliphatic heterocycles. The second-order valence-corrected chi connectivity index (χ2v) is 5.63. The van der Waals surface area contributed by atoms with Gasteiger partial charge in [0.25, 0.3) is 0 Å². The summed E-state index contributed by atoms with van der Waals surface area (Å²) in [7, 11) is 0. The maximum Gasteiger partial charge on any atom is 0.224 e. The number of carbonyl (C=O) groups is 1. The van der Waals surface area contributed by atoms with Crippen LogP contribution in [0, 0.1) is 19.8 Å². The van der Waals surface area contributed by atoms with Gasteiger partial charge in [-0.15, -0.1) is 0 Å². The molecule has 2 N–H and O–H groups in total. The van der Waals surface area contributed by atoms with Gasteiger partial charge in [0.05, 0.1) is 12.0 Å². The third-order valence-electron chi connectivity index (χ3n) is 3.71. The number of carbonyl (C=O) groups excluding carboxylic acids is 1. The molecule has 1 aromatic carbocycles. The minimum atomic E-state index is 0.0158. The molecule has 1 saturated heterocycles. The third kappa shape index (κ3) is 3.73. The lowest BCUT2D eigenvalue weighted by Crippen LogP contribution is -2.41. The van der Waals surface area contributed by atoms with Crippen molar-refractivity contribution in [2.75, 3.05) is 19.7 Å². The Morgan fingerprint density at radius 3 is 2.75 bits per heavy atom. The van der Waals surface area contributed by atoms with Gasteiger partial charge in [-0.1, -0.05) is 18.2 Å². The quantitative estimate of drug-likeness (QED) is 0.862. The molecular weight excluding hydrogens is 252 g/mol. The zero-order valence-electron chi connectivity index (χ0n) is 12.5. The van der Waals surface area contributed by atoms with Crippen molar-refractivity contribution >= 4 is 5.91 Å². The minimum Gasteiger partial charge on any atom is -0.491 e. The lowest BCUT2D eigenvalue weighted by molar-refractivity contribution is -0.125. The Hall–Kier alpha value is -1.55. The predicted molar refractivity (Wildman–Crippen MR) is 80.0 cm³/mol. The van der Waals surface area contributed by atoms with Gasteiger partial charge in [-0.2, -0.15) is 0 Å². The van der Waals surface area contributed by atoms with Crippen LogP contribution in [-0.4, -0.2) is 31.6 Å². The lowest BCUT2D eigenvalue weighted by atomic mass is 10.1. The standard InChI is InChI=1S/C16H24N2O2/c1-11-5-4-6-12(2)15(11)20-10-13(3)18-16(19)14-7-8-17-9-14/h4-6,13-14,17H,7-10H2,1-3H3,(H,18,19). The molecule has 4 nitrogen and oxygen atoms in total. The van der Waals surface area contributed by atoms with Gasteiger partial charge in [-0.05, 0) is 44.9 Å². The van der Waals surface area contributed by atoms with Crippen molar-refractivity contribution < 1.29 is 9.53 Å². The summed E-state index contributed by atoms with van der Waals surface area (Å²) in [5.41, 5.74) is 2.26. The maximum absolute atomic E-state index is 12.0. The van der Waals surface area contributed by atoms with Gasteiger partial charge in [0.1, 0.15) is 12.4 Å². The number of ether oxygens (including phenoxy) is 1. The summed E-state index contributed by atoms with van der Waals surface area (Å²) in [5, 5.41) is 6.23. The summed E-state index contributed by atoms with van der Waals surface area (Å²) >= 11 is 0. The average Bonchev–Trinajstić information content (AvgIpc) is 2.92. The van der Waals surface area contributed by atoms with Crippen LogP contribution in [-0.2, 0) is 4.79 Å². The van der Waals surface area contributed by atoms with Crippen LogP contribution in [0.5, 0.6) is 5.75 Å². The molecule has 2 rings (SSSR count). The summed E-state index contributed by atoms with van der Waals surface area (Å²) in [6, 6.07) is 6.11. The number of para-hydroxylation sites is 1. The van der Waals surface area contributed by atoms with Gasteiger partial charge in [0, 0.05) is 6.54 Å². The van der Waals surface area contributed by atoms with Crippen molar-refractivity contribution in [3.05, 3.63) is 29.3 Å². The zero-order chi connectivity index (χ0) is 14.5. The first-order valence-electron chi connectivity index (χ1n) is 7.28. The van der Waals surface area contributed by atoms with Crippen molar-refractivity contribution in [3.8, 4) is 5.75 Å². The predicted octanol–water partition coefficient (Wildman–Crippen LogP) is 1.80. The average molecular weight is 276 g/mol. The summed E-state index contributed by atoms with van der Waals surface area (Å²) < 4.78 is 5.86. The van der Waals surface area contributed by atoms with Crippen molar-refractivity contribution in [1.82, 2.24) is 10.6 Å². The highest BCUT2D eigenvalue weighted by Crippen LogP contribution is 2.22. The first-order chi connectivity index (χ1) is 9.58. The zero-order valence-corrected chi connectivity index (χ0v) is 12.5. The van der Waals surface area contributed by atoms with Crippen molar-refractivity contribution in [3.63, 3.8) is 0 Å². The molecule has 4 heteroatoms. The Labute approximate surface area is 120 Å². The number of rotatable bonds is 5. The number of nitrogens with one attached hydrogen (secondary N) is 2. The minimum absolute atomic E-state index is 0.0158. The molecule has 2 unspecified atom stereocenters. The third-order valence-corrected chi connectivity index (χ3v) is 3.71. The topological polar surface area (TPSA) is 50.4 Å². The Balaban J connectivity index is 1.82.